The van der Waals surface area contributed by atoms with Crippen molar-refractivity contribution in [3.8, 4) is 0 Å². The highest BCUT2D eigenvalue weighted by Gasteiger charge is 2.20. The first kappa shape index (κ1) is 17.5. The number of furan rings is 1. The summed E-state index contributed by atoms with van der Waals surface area (Å²) in [6, 6.07) is 16.0. The quantitative estimate of drug-likeness (QED) is 0.508. The second-order valence-corrected chi connectivity index (χ2v) is 7.76. The second-order valence-electron chi connectivity index (χ2n) is 6.73. The van der Waals surface area contributed by atoms with E-state index in [4.69, 9.17) is 4.42 Å². The first-order valence-electron chi connectivity index (χ1n) is 8.83. The molecule has 0 aliphatic carbocycles. The Hall–Kier alpha value is -2.86. The maximum atomic E-state index is 12.9. The number of hydrogen-bond donors (Lipinski definition) is 0. The largest absolute Gasteiger partial charge is 0.464 e. The standard InChI is InChI=1S/C21H21N3O2S/c1-14-9-10-17(26-14)13-23(3)20(25)19-11-18-15(2)22-24(21(18)27-19)12-16-7-5-4-6-8-16/h4-11H,12-13H2,1-3H3. The summed E-state index contributed by atoms with van der Waals surface area (Å²) in [5.74, 6) is 1.64. The molecule has 3 heterocycles. The zero-order valence-electron chi connectivity index (χ0n) is 15.6. The maximum absolute atomic E-state index is 12.9. The van der Waals surface area contributed by atoms with Gasteiger partial charge in [0.2, 0.25) is 0 Å². The van der Waals surface area contributed by atoms with Crippen molar-refractivity contribution >= 4 is 27.5 Å². The molecule has 1 aromatic carbocycles. The Morgan fingerprint density at radius 2 is 1.96 bits per heavy atom. The van der Waals surface area contributed by atoms with E-state index in [1.54, 1.807) is 11.9 Å². The van der Waals surface area contributed by atoms with Gasteiger partial charge in [-0.1, -0.05) is 30.3 Å². The molecular weight excluding hydrogens is 358 g/mol. The molecule has 0 saturated heterocycles. The normalized spacial score (nSPS) is 11.2. The van der Waals surface area contributed by atoms with Crippen LogP contribution in [0.3, 0.4) is 0 Å². The number of aromatic nitrogens is 2. The Balaban J connectivity index is 1.59. The molecule has 0 unspecified atom stereocenters. The fourth-order valence-electron chi connectivity index (χ4n) is 3.15. The molecule has 0 aliphatic heterocycles. The monoisotopic (exact) mass is 379 g/mol. The Labute approximate surface area is 161 Å². The van der Waals surface area contributed by atoms with E-state index in [-0.39, 0.29) is 5.91 Å². The van der Waals surface area contributed by atoms with E-state index in [9.17, 15) is 4.79 Å². The van der Waals surface area contributed by atoms with Gasteiger partial charge in [0.25, 0.3) is 5.91 Å². The first-order chi connectivity index (χ1) is 13.0. The molecule has 5 nitrogen and oxygen atoms in total. The molecule has 0 radical (unpaired) electrons. The number of nitrogens with zero attached hydrogens (tertiary/aromatic N) is 3. The second kappa shape index (κ2) is 7.04. The summed E-state index contributed by atoms with van der Waals surface area (Å²) in [4.78, 5) is 16.3. The zero-order valence-corrected chi connectivity index (χ0v) is 16.4. The zero-order chi connectivity index (χ0) is 19.0. The van der Waals surface area contributed by atoms with Crippen LogP contribution in [0.4, 0.5) is 0 Å². The maximum Gasteiger partial charge on any atom is 0.264 e. The number of rotatable bonds is 5. The SMILES string of the molecule is Cc1ccc(CN(C)C(=O)c2cc3c(C)nn(Cc4ccccc4)c3s2)o1. The minimum Gasteiger partial charge on any atom is -0.464 e. The number of carbonyl (C=O) groups excluding carboxylic acids is 1. The number of benzene rings is 1. The van der Waals surface area contributed by atoms with Crippen LogP contribution >= 0.6 is 11.3 Å². The van der Waals surface area contributed by atoms with E-state index >= 15 is 0 Å². The van der Waals surface area contributed by atoms with Gasteiger partial charge < -0.3 is 9.32 Å². The molecule has 0 atom stereocenters. The van der Waals surface area contributed by atoms with Crippen molar-refractivity contribution in [3.05, 3.63) is 76.2 Å². The third-order valence-corrected chi connectivity index (χ3v) is 5.67. The molecule has 0 spiro atoms. The molecule has 0 saturated carbocycles. The lowest BCUT2D eigenvalue weighted by Gasteiger charge is -2.14. The van der Waals surface area contributed by atoms with Crippen molar-refractivity contribution in [1.82, 2.24) is 14.7 Å². The number of hydrogen-bond acceptors (Lipinski definition) is 4. The summed E-state index contributed by atoms with van der Waals surface area (Å²) in [6.45, 7) is 5.04. The predicted octanol–water partition coefficient (Wildman–Crippen LogP) is 4.63. The molecule has 138 valence electrons. The lowest BCUT2D eigenvalue weighted by molar-refractivity contribution is 0.0780. The molecular formula is C21H21N3O2S. The molecule has 6 heteroatoms. The Morgan fingerprint density at radius 3 is 2.67 bits per heavy atom. The number of carbonyl (C=O) groups is 1. The van der Waals surface area contributed by atoms with Gasteiger partial charge in [-0.25, -0.2) is 0 Å². The summed E-state index contributed by atoms with van der Waals surface area (Å²) in [5.41, 5.74) is 2.13. The van der Waals surface area contributed by atoms with Gasteiger partial charge in [0.15, 0.2) is 0 Å². The van der Waals surface area contributed by atoms with E-state index in [2.05, 4.69) is 17.2 Å². The number of fused-ring (bicyclic) bond motifs is 1. The van der Waals surface area contributed by atoms with Crippen LogP contribution in [0.15, 0.2) is 52.9 Å². The van der Waals surface area contributed by atoms with E-state index in [0.29, 0.717) is 13.1 Å². The summed E-state index contributed by atoms with van der Waals surface area (Å²) < 4.78 is 7.57. The summed E-state index contributed by atoms with van der Waals surface area (Å²) >= 11 is 1.49. The lowest BCUT2D eigenvalue weighted by Crippen LogP contribution is -2.25. The number of aryl methyl sites for hydroxylation is 2. The van der Waals surface area contributed by atoms with Crippen LogP contribution in [-0.2, 0) is 13.1 Å². The number of thiophene rings is 1. The van der Waals surface area contributed by atoms with Gasteiger partial charge >= 0.3 is 0 Å². The molecule has 4 aromatic rings. The summed E-state index contributed by atoms with van der Waals surface area (Å²) in [7, 11) is 1.80. The van der Waals surface area contributed by atoms with Gasteiger partial charge in [0.05, 0.1) is 23.7 Å². The molecule has 27 heavy (non-hydrogen) atoms. The predicted molar refractivity (Wildman–Crippen MR) is 107 cm³/mol. The van der Waals surface area contributed by atoms with Gasteiger partial charge in [-0.3, -0.25) is 9.48 Å². The topological polar surface area (TPSA) is 51.3 Å². The van der Waals surface area contributed by atoms with Crippen molar-refractivity contribution in [2.75, 3.05) is 7.05 Å². The Kier molecular flexibility index (Phi) is 4.58. The molecule has 0 N–H and O–H groups in total. The molecule has 4 rings (SSSR count). The average Bonchev–Trinajstić information content (AvgIpc) is 3.33. The van der Waals surface area contributed by atoms with E-state index in [1.807, 2.05) is 54.9 Å². The Morgan fingerprint density at radius 1 is 1.19 bits per heavy atom. The third-order valence-electron chi connectivity index (χ3n) is 4.53. The van der Waals surface area contributed by atoms with Gasteiger partial charge in [0, 0.05) is 12.4 Å². The minimum absolute atomic E-state index is 0.00378. The highest BCUT2D eigenvalue weighted by molar-refractivity contribution is 7.20. The number of amides is 1. The minimum atomic E-state index is -0.00378. The van der Waals surface area contributed by atoms with Crippen LogP contribution in [0.5, 0.6) is 0 Å². The molecule has 0 bridgehead atoms. The van der Waals surface area contributed by atoms with E-state index < -0.39 is 0 Å². The van der Waals surface area contributed by atoms with Gasteiger partial charge in [-0.2, -0.15) is 5.10 Å². The van der Waals surface area contributed by atoms with Crippen molar-refractivity contribution in [3.63, 3.8) is 0 Å². The van der Waals surface area contributed by atoms with Gasteiger partial charge in [0.1, 0.15) is 16.4 Å². The first-order valence-corrected chi connectivity index (χ1v) is 9.64. The third kappa shape index (κ3) is 3.53. The molecule has 0 fully saturated rings. The van der Waals surface area contributed by atoms with Crippen molar-refractivity contribution in [2.24, 2.45) is 0 Å². The molecule has 1 amide bonds. The molecule has 0 aliphatic rings. The lowest BCUT2D eigenvalue weighted by atomic mass is 10.2. The smallest absolute Gasteiger partial charge is 0.264 e. The van der Waals surface area contributed by atoms with Crippen molar-refractivity contribution in [1.29, 1.82) is 0 Å². The average molecular weight is 379 g/mol. The summed E-state index contributed by atoms with van der Waals surface area (Å²) in [5, 5.41) is 5.69. The summed E-state index contributed by atoms with van der Waals surface area (Å²) in [6.07, 6.45) is 0. The van der Waals surface area contributed by atoms with Crippen molar-refractivity contribution in [2.45, 2.75) is 26.9 Å². The van der Waals surface area contributed by atoms with Gasteiger partial charge in [-0.15, -0.1) is 11.3 Å². The van der Waals surface area contributed by atoms with Crippen LogP contribution in [0.2, 0.25) is 0 Å². The van der Waals surface area contributed by atoms with Crippen LogP contribution in [0.1, 0.15) is 32.4 Å². The fraction of sp³-hybridized carbons (Fsp3) is 0.238. The van der Waals surface area contributed by atoms with Crippen LogP contribution in [-0.4, -0.2) is 27.6 Å². The van der Waals surface area contributed by atoms with Crippen molar-refractivity contribution < 1.29 is 9.21 Å². The fourth-order valence-corrected chi connectivity index (χ4v) is 4.30. The van der Waals surface area contributed by atoms with E-state index in [0.717, 1.165) is 32.3 Å². The molecule has 3 aromatic heterocycles. The Bertz CT molecular complexity index is 1090. The van der Waals surface area contributed by atoms with E-state index in [1.165, 1.54) is 16.9 Å². The van der Waals surface area contributed by atoms with Crippen LogP contribution in [0, 0.1) is 13.8 Å². The van der Waals surface area contributed by atoms with Crippen LogP contribution < -0.4 is 0 Å². The van der Waals surface area contributed by atoms with Crippen LogP contribution in [0.25, 0.3) is 10.2 Å². The highest BCUT2D eigenvalue weighted by atomic mass is 32.1. The van der Waals surface area contributed by atoms with Gasteiger partial charge in [-0.05, 0) is 37.6 Å². The highest BCUT2D eigenvalue weighted by Crippen LogP contribution is 2.30.